The molecule has 1 saturated carbocycles. The number of nitro benzene ring substituents is 1. The van der Waals surface area contributed by atoms with Gasteiger partial charge in [0.15, 0.2) is 0 Å². The third kappa shape index (κ3) is 3.02. The number of hydrogen-bond donors (Lipinski definition) is 1. The number of benzene rings is 1. The van der Waals surface area contributed by atoms with Gasteiger partial charge < -0.3 is 10.6 Å². The summed E-state index contributed by atoms with van der Waals surface area (Å²) in [7, 11) is 1.63. The molecule has 2 N–H and O–H groups in total. The van der Waals surface area contributed by atoms with Crippen molar-refractivity contribution in [2.75, 3.05) is 13.6 Å². The highest BCUT2D eigenvalue weighted by atomic mass is 19.1. The Bertz CT molecular complexity index is 564. The van der Waals surface area contributed by atoms with Crippen LogP contribution in [0.25, 0.3) is 0 Å². The van der Waals surface area contributed by atoms with E-state index in [0.717, 1.165) is 31.4 Å². The van der Waals surface area contributed by atoms with E-state index >= 15 is 0 Å². The van der Waals surface area contributed by atoms with Crippen molar-refractivity contribution in [1.29, 1.82) is 0 Å². The molecule has 0 aromatic heterocycles. The summed E-state index contributed by atoms with van der Waals surface area (Å²) in [5, 5.41) is 10.6. The molecule has 2 rings (SSSR count). The second kappa shape index (κ2) is 6.17. The number of carbonyl (C=O) groups is 1. The first-order valence-electron chi connectivity index (χ1n) is 6.87. The quantitative estimate of drug-likeness (QED) is 0.679. The molecule has 1 aliphatic rings. The van der Waals surface area contributed by atoms with Gasteiger partial charge in [0.05, 0.1) is 16.6 Å². The summed E-state index contributed by atoms with van der Waals surface area (Å²) in [5.41, 5.74) is 5.18. The normalized spacial score (nSPS) is 21.3. The van der Waals surface area contributed by atoms with Gasteiger partial charge in [-0.1, -0.05) is 6.42 Å². The molecule has 1 aliphatic carbocycles. The topological polar surface area (TPSA) is 89.5 Å². The van der Waals surface area contributed by atoms with E-state index in [4.69, 9.17) is 5.73 Å². The average molecular weight is 295 g/mol. The Hall–Kier alpha value is -2.02. The highest BCUT2D eigenvalue weighted by Gasteiger charge is 2.33. The number of halogens is 1. The molecule has 1 aromatic rings. The zero-order valence-electron chi connectivity index (χ0n) is 11.8. The minimum atomic E-state index is -0.872. The monoisotopic (exact) mass is 295 g/mol. The van der Waals surface area contributed by atoms with Crippen LogP contribution < -0.4 is 5.73 Å². The number of hydrogen-bond acceptors (Lipinski definition) is 4. The van der Waals surface area contributed by atoms with Crippen LogP contribution in [0.4, 0.5) is 10.1 Å². The lowest BCUT2D eigenvalue weighted by Crippen LogP contribution is -2.41. The third-order valence-corrected chi connectivity index (χ3v) is 4.13. The lowest BCUT2D eigenvalue weighted by Gasteiger charge is -2.29. The maximum absolute atomic E-state index is 13.9. The van der Waals surface area contributed by atoms with Crippen LogP contribution in [0.2, 0.25) is 0 Å². The van der Waals surface area contributed by atoms with Gasteiger partial charge in [-0.15, -0.1) is 0 Å². The van der Waals surface area contributed by atoms with Crippen LogP contribution in [0.3, 0.4) is 0 Å². The first-order valence-corrected chi connectivity index (χ1v) is 6.87. The number of nitro groups is 1. The molecule has 2 unspecified atom stereocenters. The van der Waals surface area contributed by atoms with Crippen molar-refractivity contribution in [3.63, 3.8) is 0 Å². The maximum atomic E-state index is 13.9. The van der Waals surface area contributed by atoms with Crippen molar-refractivity contribution in [2.24, 2.45) is 11.7 Å². The van der Waals surface area contributed by atoms with Crippen molar-refractivity contribution < 1.29 is 14.1 Å². The van der Waals surface area contributed by atoms with Crippen LogP contribution >= 0.6 is 0 Å². The minimum Gasteiger partial charge on any atom is -0.338 e. The molecule has 0 aliphatic heterocycles. The summed E-state index contributed by atoms with van der Waals surface area (Å²) in [4.78, 5) is 23.8. The molecule has 6 nitrogen and oxygen atoms in total. The average Bonchev–Trinajstić information content (AvgIpc) is 2.93. The highest BCUT2D eigenvalue weighted by molar-refractivity contribution is 5.94. The second-order valence-electron chi connectivity index (χ2n) is 5.33. The highest BCUT2D eigenvalue weighted by Crippen LogP contribution is 2.30. The standard InChI is InChI=1S/C14H18FN3O3/c1-17(13-4-2-3-9(13)8-16)14(19)11-6-5-10(18(20)21)7-12(11)15/h5-7,9,13H,2-4,8,16H2,1H3. The molecule has 0 spiro atoms. The number of amides is 1. The van der Waals surface area contributed by atoms with E-state index in [1.54, 1.807) is 7.05 Å². The molecule has 21 heavy (non-hydrogen) atoms. The predicted molar refractivity (Wildman–Crippen MR) is 75.3 cm³/mol. The van der Waals surface area contributed by atoms with Crippen LogP contribution in [0.5, 0.6) is 0 Å². The molecule has 0 saturated heterocycles. The van der Waals surface area contributed by atoms with Crippen LogP contribution in [0, 0.1) is 21.8 Å². The van der Waals surface area contributed by atoms with Gasteiger partial charge in [-0.05, 0) is 31.4 Å². The maximum Gasteiger partial charge on any atom is 0.272 e. The number of non-ortho nitro benzene ring substituents is 1. The Morgan fingerprint density at radius 1 is 1.52 bits per heavy atom. The van der Waals surface area contributed by atoms with Crippen molar-refractivity contribution >= 4 is 11.6 Å². The van der Waals surface area contributed by atoms with Gasteiger partial charge in [0.25, 0.3) is 11.6 Å². The first kappa shape index (κ1) is 15.4. The van der Waals surface area contributed by atoms with Crippen LogP contribution in [-0.4, -0.2) is 35.4 Å². The molecular formula is C14H18FN3O3. The molecule has 0 bridgehead atoms. The SMILES string of the molecule is CN(C(=O)c1ccc([N+](=O)[O-])cc1F)C1CCCC1CN. The predicted octanol–water partition coefficient (Wildman–Crippen LogP) is 1.93. The molecule has 114 valence electrons. The zero-order chi connectivity index (χ0) is 15.6. The Morgan fingerprint density at radius 3 is 2.81 bits per heavy atom. The van der Waals surface area contributed by atoms with Crippen LogP contribution in [0.1, 0.15) is 29.6 Å². The lowest BCUT2D eigenvalue weighted by molar-refractivity contribution is -0.385. The molecule has 0 radical (unpaired) electrons. The fourth-order valence-corrected chi connectivity index (χ4v) is 2.93. The van der Waals surface area contributed by atoms with Crippen molar-refractivity contribution in [1.82, 2.24) is 4.90 Å². The summed E-state index contributed by atoms with van der Waals surface area (Å²) in [5.74, 6) is -1.11. The van der Waals surface area contributed by atoms with Gasteiger partial charge in [0.2, 0.25) is 0 Å². The summed E-state index contributed by atoms with van der Waals surface area (Å²) >= 11 is 0. The lowest BCUT2D eigenvalue weighted by atomic mass is 10.0. The van der Waals surface area contributed by atoms with Gasteiger partial charge in [-0.3, -0.25) is 14.9 Å². The van der Waals surface area contributed by atoms with Gasteiger partial charge in [0.1, 0.15) is 5.82 Å². The van der Waals surface area contributed by atoms with Gasteiger partial charge in [-0.2, -0.15) is 0 Å². The van der Waals surface area contributed by atoms with Gasteiger partial charge in [-0.25, -0.2) is 4.39 Å². The van der Waals surface area contributed by atoms with E-state index in [0.29, 0.717) is 6.54 Å². The summed E-state index contributed by atoms with van der Waals surface area (Å²) in [6, 6.07) is 3.07. The molecule has 1 amide bonds. The zero-order valence-corrected chi connectivity index (χ0v) is 11.8. The summed E-state index contributed by atoms with van der Waals surface area (Å²) in [6.07, 6.45) is 2.80. The third-order valence-electron chi connectivity index (χ3n) is 4.13. The Labute approximate surface area is 121 Å². The molecule has 1 fully saturated rings. The Balaban J connectivity index is 2.21. The molecule has 0 heterocycles. The van der Waals surface area contributed by atoms with E-state index < -0.39 is 16.6 Å². The second-order valence-corrected chi connectivity index (χ2v) is 5.33. The smallest absolute Gasteiger partial charge is 0.272 e. The van der Waals surface area contributed by atoms with E-state index in [-0.39, 0.29) is 23.2 Å². The summed E-state index contributed by atoms with van der Waals surface area (Å²) in [6.45, 7) is 0.491. The number of nitrogens with two attached hydrogens (primary N) is 1. The number of nitrogens with zero attached hydrogens (tertiary/aromatic N) is 2. The summed E-state index contributed by atoms with van der Waals surface area (Å²) < 4.78 is 13.9. The minimum absolute atomic E-state index is 0.00269. The molecule has 1 aromatic carbocycles. The number of rotatable bonds is 4. The Kier molecular flexibility index (Phi) is 4.52. The first-order chi connectivity index (χ1) is 9.95. The molecule has 2 atom stereocenters. The van der Waals surface area contributed by atoms with E-state index in [2.05, 4.69) is 0 Å². The van der Waals surface area contributed by atoms with Crippen LogP contribution in [-0.2, 0) is 0 Å². The van der Waals surface area contributed by atoms with E-state index in [1.807, 2.05) is 0 Å². The van der Waals surface area contributed by atoms with E-state index in [1.165, 1.54) is 11.0 Å². The Morgan fingerprint density at radius 2 is 2.24 bits per heavy atom. The fraction of sp³-hybridized carbons (Fsp3) is 0.500. The molecule has 7 heteroatoms. The van der Waals surface area contributed by atoms with Gasteiger partial charge in [0, 0.05) is 19.2 Å². The van der Waals surface area contributed by atoms with Crippen molar-refractivity contribution in [2.45, 2.75) is 25.3 Å². The largest absolute Gasteiger partial charge is 0.338 e. The fourth-order valence-electron chi connectivity index (χ4n) is 2.93. The van der Waals surface area contributed by atoms with Crippen LogP contribution in [0.15, 0.2) is 18.2 Å². The van der Waals surface area contributed by atoms with Crippen molar-refractivity contribution in [3.05, 3.63) is 39.7 Å². The van der Waals surface area contributed by atoms with Crippen molar-refractivity contribution in [3.8, 4) is 0 Å². The number of carbonyl (C=O) groups excluding carboxylic acids is 1. The van der Waals surface area contributed by atoms with E-state index in [9.17, 15) is 19.3 Å². The molecular weight excluding hydrogens is 277 g/mol. The van der Waals surface area contributed by atoms with Gasteiger partial charge >= 0.3 is 0 Å².